The number of halogens is 1. The summed E-state index contributed by atoms with van der Waals surface area (Å²) in [6.07, 6.45) is 2.88. The van der Waals surface area contributed by atoms with E-state index in [9.17, 15) is 14.5 Å². The first-order valence-corrected chi connectivity index (χ1v) is 5.22. The quantitative estimate of drug-likeness (QED) is 0.453. The fourth-order valence-corrected chi connectivity index (χ4v) is 1.81. The van der Waals surface area contributed by atoms with E-state index >= 15 is 0 Å². The molecule has 1 fully saturated rings. The van der Waals surface area contributed by atoms with E-state index in [4.69, 9.17) is 0 Å². The van der Waals surface area contributed by atoms with Gasteiger partial charge < -0.3 is 4.90 Å². The molecule has 0 N–H and O–H groups in total. The van der Waals surface area contributed by atoms with Gasteiger partial charge in [-0.2, -0.15) is 4.39 Å². The molecule has 0 amide bonds. The molecule has 0 bridgehead atoms. The summed E-state index contributed by atoms with van der Waals surface area (Å²) in [5.74, 6) is -0.0614. The third kappa shape index (κ3) is 2.96. The van der Waals surface area contributed by atoms with Crippen molar-refractivity contribution >= 4 is 5.84 Å². The predicted octanol–water partition coefficient (Wildman–Crippen LogP) is 1.41. The second-order valence-electron chi connectivity index (χ2n) is 3.77. The molecule has 2 heterocycles. The van der Waals surface area contributed by atoms with Crippen LogP contribution < -0.4 is 0 Å². The van der Waals surface area contributed by atoms with E-state index in [1.165, 1.54) is 12.3 Å². The summed E-state index contributed by atoms with van der Waals surface area (Å²) in [5.41, 5.74) is 0.810. The Labute approximate surface area is 96.9 Å². The van der Waals surface area contributed by atoms with Crippen molar-refractivity contribution in [3.8, 4) is 0 Å². The molecule has 6 nitrogen and oxygen atoms in total. The maximum absolute atomic E-state index is 12.6. The second-order valence-corrected chi connectivity index (χ2v) is 3.77. The molecule has 0 aromatic carbocycles. The average Bonchev–Trinajstić information content (AvgIpc) is 2.68. The lowest BCUT2D eigenvalue weighted by molar-refractivity contribution is -0.485. The SMILES string of the molecule is O=[N+]([O-])N=C1CCCN1Cc1ccc(F)nc1. The van der Waals surface area contributed by atoms with Gasteiger partial charge >= 0.3 is 0 Å². The molecule has 90 valence electrons. The van der Waals surface area contributed by atoms with Crippen LogP contribution >= 0.6 is 0 Å². The van der Waals surface area contributed by atoms with Crippen LogP contribution in [0.4, 0.5) is 4.39 Å². The highest BCUT2D eigenvalue weighted by molar-refractivity contribution is 5.83. The maximum atomic E-state index is 12.6. The van der Waals surface area contributed by atoms with Crippen molar-refractivity contribution in [3.05, 3.63) is 40.0 Å². The molecule has 0 saturated carbocycles. The lowest BCUT2D eigenvalue weighted by atomic mass is 10.2. The van der Waals surface area contributed by atoms with Gasteiger partial charge in [-0.05, 0) is 18.1 Å². The molecule has 17 heavy (non-hydrogen) atoms. The van der Waals surface area contributed by atoms with Gasteiger partial charge in [0.05, 0.1) is 5.10 Å². The molecule has 1 aliphatic heterocycles. The summed E-state index contributed by atoms with van der Waals surface area (Å²) < 4.78 is 12.6. The molecular weight excluding hydrogens is 227 g/mol. The molecule has 0 aliphatic carbocycles. The van der Waals surface area contributed by atoms with Crippen LogP contribution in [0.5, 0.6) is 0 Å². The first-order chi connectivity index (χ1) is 8.15. The third-order valence-corrected chi connectivity index (χ3v) is 2.55. The van der Waals surface area contributed by atoms with E-state index in [-0.39, 0.29) is 0 Å². The van der Waals surface area contributed by atoms with E-state index in [0.717, 1.165) is 18.5 Å². The van der Waals surface area contributed by atoms with Crippen LogP contribution in [-0.2, 0) is 6.54 Å². The minimum atomic E-state index is -0.684. The molecule has 1 saturated heterocycles. The normalized spacial score (nSPS) is 17.7. The molecule has 2 rings (SSSR count). The number of nitro groups is 1. The Morgan fingerprint density at radius 2 is 2.41 bits per heavy atom. The Hall–Kier alpha value is -2.05. The highest BCUT2D eigenvalue weighted by Gasteiger charge is 2.21. The Morgan fingerprint density at radius 3 is 3.06 bits per heavy atom. The van der Waals surface area contributed by atoms with E-state index in [1.54, 1.807) is 6.07 Å². The molecule has 0 radical (unpaired) electrons. The number of amidine groups is 1. The number of hydrogen-bond donors (Lipinski definition) is 0. The van der Waals surface area contributed by atoms with Crippen molar-refractivity contribution in [1.29, 1.82) is 0 Å². The van der Waals surface area contributed by atoms with Crippen molar-refractivity contribution < 1.29 is 9.42 Å². The van der Waals surface area contributed by atoms with Gasteiger partial charge in [0, 0.05) is 25.7 Å². The van der Waals surface area contributed by atoms with Crippen molar-refractivity contribution in [1.82, 2.24) is 9.88 Å². The summed E-state index contributed by atoms with van der Waals surface area (Å²) in [5, 5.41) is 13.0. The van der Waals surface area contributed by atoms with Crippen molar-refractivity contribution in [3.63, 3.8) is 0 Å². The zero-order valence-corrected chi connectivity index (χ0v) is 9.04. The topological polar surface area (TPSA) is 71.6 Å². The molecule has 0 atom stereocenters. The molecule has 7 heteroatoms. The lowest BCUT2D eigenvalue weighted by Gasteiger charge is -2.16. The first-order valence-electron chi connectivity index (χ1n) is 5.22. The summed E-state index contributed by atoms with van der Waals surface area (Å²) >= 11 is 0. The van der Waals surface area contributed by atoms with Crippen LogP contribution in [0.15, 0.2) is 23.4 Å². The molecule has 1 aromatic rings. The van der Waals surface area contributed by atoms with Gasteiger partial charge in [0.2, 0.25) is 5.95 Å². The standard InChI is InChI=1S/C10H11FN4O2/c11-9-4-3-8(6-12-9)7-14-5-1-2-10(14)13-15(16)17/h3-4,6H,1-2,5,7H2. The number of pyridine rings is 1. The molecule has 1 aliphatic rings. The second kappa shape index (κ2) is 4.86. The van der Waals surface area contributed by atoms with Gasteiger partial charge in [-0.1, -0.05) is 6.07 Å². The van der Waals surface area contributed by atoms with Crippen molar-refractivity contribution in [2.45, 2.75) is 19.4 Å². The van der Waals surface area contributed by atoms with Crippen LogP contribution in [0.1, 0.15) is 18.4 Å². The Balaban J connectivity index is 2.07. The van der Waals surface area contributed by atoms with Gasteiger partial charge in [0.15, 0.2) is 10.9 Å². The summed E-state index contributed by atoms with van der Waals surface area (Å²) in [6.45, 7) is 1.20. The number of aromatic nitrogens is 1. The van der Waals surface area contributed by atoms with Gasteiger partial charge in [0.1, 0.15) is 0 Å². The largest absolute Gasteiger partial charge is 0.351 e. The average molecular weight is 238 g/mol. The van der Waals surface area contributed by atoms with Crippen LogP contribution in [0.2, 0.25) is 0 Å². The van der Waals surface area contributed by atoms with Crippen molar-refractivity contribution in [2.24, 2.45) is 5.10 Å². The highest BCUT2D eigenvalue weighted by Crippen LogP contribution is 2.15. The number of hydrogen-bond acceptors (Lipinski definition) is 3. The highest BCUT2D eigenvalue weighted by atomic mass is 19.1. The van der Waals surface area contributed by atoms with Crippen molar-refractivity contribution in [2.75, 3.05) is 6.54 Å². The number of rotatable bonds is 3. The minimum Gasteiger partial charge on any atom is -0.351 e. The van der Waals surface area contributed by atoms with Crippen LogP contribution in [0, 0.1) is 16.1 Å². The summed E-state index contributed by atoms with van der Waals surface area (Å²) in [6, 6.07) is 2.89. The van der Waals surface area contributed by atoms with E-state index in [0.29, 0.717) is 18.8 Å². The van der Waals surface area contributed by atoms with Gasteiger partial charge in [-0.15, -0.1) is 0 Å². The zero-order chi connectivity index (χ0) is 12.3. The zero-order valence-electron chi connectivity index (χ0n) is 9.04. The first kappa shape index (κ1) is 11.4. The maximum Gasteiger partial charge on any atom is 0.212 e. The number of hydrazone groups is 1. The fraction of sp³-hybridized carbons (Fsp3) is 0.400. The Bertz CT molecular complexity index is 446. The van der Waals surface area contributed by atoms with E-state index in [1.807, 2.05) is 4.90 Å². The van der Waals surface area contributed by atoms with Crippen LogP contribution in [-0.4, -0.2) is 27.3 Å². The summed E-state index contributed by atoms with van der Waals surface area (Å²) in [7, 11) is 0. The Kier molecular flexibility index (Phi) is 3.27. The Morgan fingerprint density at radius 1 is 1.59 bits per heavy atom. The lowest BCUT2D eigenvalue weighted by Crippen LogP contribution is -2.25. The molecular formula is C10H11FN4O2. The number of nitrogens with zero attached hydrogens (tertiary/aromatic N) is 4. The third-order valence-electron chi connectivity index (χ3n) is 2.55. The van der Waals surface area contributed by atoms with E-state index < -0.39 is 11.0 Å². The van der Waals surface area contributed by atoms with Crippen LogP contribution in [0.25, 0.3) is 0 Å². The molecule has 1 aromatic heterocycles. The smallest absolute Gasteiger partial charge is 0.212 e. The van der Waals surface area contributed by atoms with Gasteiger partial charge in [0.25, 0.3) is 0 Å². The monoisotopic (exact) mass is 238 g/mol. The number of likely N-dealkylation sites (tertiary alicyclic amines) is 1. The summed E-state index contributed by atoms with van der Waals surface area (Å²) in [4.78, 5) is 15.7. The minimum absolute atomic E-state index is 0.472. The van der Waals surface area contributed by atoms with Crippen LogP contribution in [0.3, 0.4) is 0 Å². The predicted molar refractivity (Wildman–Crippen MR) is 58.3 cm³/mol. The molecule has 0 spiro atoms. The van der Waals surface area contributed by atoms with E-state index in [2.05, 4.69) is 10.1 Å². The molecule has 0 unspecified atom stereocenters. The van der Waals surface area contributed by atoms with Gasteiger partial charge in [-0.25, -0.2) is 15.1 Å². The van der Waals surface area contributed by atoms with Gasteiger partial charge in [-0.3, -0.25) is 0 Å². The fourth-order valence-electron chi connectivity index (χ4n) is 1.81.